The van der Waals surface area contributed by atoms with Crippen LogP contribution >= 0.6 is 0 Å². The Morgan fingerprint density at radius 2 is 2.23 bits per heavy atom. The Kier molecular flexibility index (Phi) is 3.18. The van der Waals surface area contributed by atoms with Crippen molar-refractivity contribution >= 4 is 5.91 Å². The number of aliphatic hydroxyl groups is 2. The van der Waals surface area contributed by atoms with Gasteiger partial charge in [0.2, 0.25) is 5.91 Å². The number of aliphatic hydroxyl groups excluding tert-OH is 2. The fraction of sp³-hybridized carbons (Fsp3) is 0.857. The van der Waals surface area contributed by atoms with Crippen molar-refractivity contribution in [3.63, 3.8) is 0 Å². The average Bonchev–Trinajstić information content (AvgIpc) is 2.05. The molecule has 4 atom stereocenters. The lowest BCUT2D eigenvalue weighted by Crippen LogP contribution is -2.59. The van der Waals surface area contributed by atoms with Gasteiger partial charge in [-0.1, -0.05) is 0 Å². The van der Waals surface area contributed by atoms with Crippen molar-refractivity contribution in [3.05, 3.63) is 0 Å². The highest BCUT2D eigenvalue weighted by Crippen LogP contribution is 2.16. The number of nitrogens with one attached hydrogen (secondary N) is 1. The summed E-state index contributed by atoms with van der Waals surface area (Å²) in [7, 11) is 0. The smallest absolute Gasteiger partial charge is 0.217 e. The molecule has 1 heterocycles. The molecule has 0 bridgehead atoms. The molecule has 0 spiro atoms. The Morgan fingerprint density at radius 3 is 2.77 bits per heavy atom. The Labute approximate surface area is 74.5 Å². The second-order valence-electron chi connectivity index (χ2n) is 2.96. The standard InChI is InChI=1S/C7H12FNO4/c1-3(10)9-5-6(11)4(8)2-13-7(5)12/h4-7,11-12H,2H2,1H3,(H,9,10)/t4-,5-,6+,7-/m1/s1. The monoisotopic (exact) mass is 193 g/mol. The van der Waals surface area contributed by atoms with Crippen LogP contribution in [0, 0.1) is 0 Å². The zero-order chi connectivity index (χ0) is 10.0. The number of alkyl halides is 1. The van der Waals surface area contributed by atoms with Crippen LogP contribution in [0.3, 0.4) is 0 Å². The van der Waals surface area contributed by atoms with E-state index in [1.165, 1.54) is 6.92 Å². The molecule has 3 N–H and O–H groups in total. The summed E-state index contributed by atoms with van der Waals surface area (Å²) in [4.78, 5) is 10.6. The van der Waals surface area contributed by atoms with Gasteiger partial charge in [-0.2, -0.15) is 0 Å². The largest absolute Gasteiger partial charge is 0.388 e. The molecule has 0 radical (unpaired) electrons. The number of hydrogen-bond donors (Lipinski definition) is 3. The van der Waals surface area contributed by atoms with E-state index in [9.17, 15) is 14.3 Å². The first-order valence-corrected chi connectivity index (χ1v) is 3.91. The molecule has 0 aliphatic carbocycles. The van der Waals surface area contributed by atoms with Crippen LogP contribution in [-0.2, 0) is 9.53 Å². The Balaban J connectivity index is 2.60. The van der Waals surface area contributed by atoms with E-state index >= 15 is 0 Å². The van der Waals surface area contributed by atoms with Crippen molar-refractivity contribution in [1.82, 2.24) is 5.32 Å². The first-order chi connectivity index (χ1) is 6.02. The summed E-state index contributed by atoms with van der Waals surface area (Å²) < 4.78 is 17.4. The maximum atomic E-state index is 12.8. The highest BCUT2D eigenvalue weighted by atomic mass is 19.1. The quantitative estimate of drug-likeness (QED) is 0.475. The third-order valence-corrected chi connectivity index (χ3v) is 1.84. The number of ether oxygens (including phenoxy) is 1. The minimum atomic E-state index is -1.58. The summed E-state index contributed by atoms with van der Waals surface area (Å²) in [5, 5.41) is 20.6. The van der Waals surface area contributed by atoms with Crippen LogP contribution in [0.2, 0.25) is 0 Å². The summed E-state index contributed by atoms with van der Waals surface area (Å²) >= 11 is 0. The summed E-state index contributed by atoms with van der Waals surface area (Å²) in [5.74, 6) is -0.458. The molecule has 0 unspecified atom stereocenters. The van der Waals surface area contributed by atoms with Gasteiger partial charge in [0.25, 0.3) is 0 Å². The lowest BCUT2D eigenvalue weighted by Gasteiger charge is -2.34. The summed E-state index contributed by atoms with van der Waals surface area (Å²) in [6.45, 7) is 0.847. The molecule has 1 saturated heterocycles. The molecule has 0 aromatic rings. The molecule has 6 heteroatoms. The summed E-state index contributed by atoms with van der Waals surface area (Å²) in [6.07, 6.45) is -4.36. The van der Waals surface area contributed by atoms with Crippen LogP contribution in [0.5, 0.6) is 0 Å². The number of carbonyl (C=O) groups excluding carboxylic acids is 1. The zero-order valence-electron chi connectivity index (χ0n) is 7.11. The van der Waals surface area contributed by atoms with E-state index in [1.807, 2.05) is 0 Å². The first-order valence-electron chi connectivity index (χ1n) is 3.91. The third kappa shape index (κ3) is 2.36. The maximum Gasteiger partial charge on any atom is 0.217 e. The van der Waals surface area contributed by atoms with E-state index in [1.54, 1.807) is 0 Å². The van der Waals surface area contributed by atoms with Gasteiger partial charge >= 0.3 is 0 Å². The lowest BCUT2D eigenvalue weighted by atomic mass is 10.0. The van der Waals surface area contributed by atoms with Crippen molar-refractivity contribution in [3.8, 4) is 0 Å². The van der Waals surface area contributed by atoms with E-state index in [-0.39, 0.29) is 6.61 Å². The number of hydrogen-bond acceptors (Lipinski definition) is 4. The minimum absolute atomic E-state index is 0.363. The molecule has 1 aliphatic heterocycles. The molecule has 5 nitrogen and oxygen atoms in total. The van der Waals surface area contributed by atoms with E-state index in [2.05, 4.69) is 10.1 Å². The van der Waals surface area contributed by atoms with Gasteiger partial charge in [-0.15, -0.1) is 0 Å². The van der Waals surface area contributed by atoms with Crippen LogP contribution < -0.4 is 5.32 Å². The predicted molar refractivity (Wildman–Crippen MR) is 40.5 cm³/mol. The molecule has 76 valence electrons. The Hall–Kier alpha value is -0.720. The number of amides is 1. The first kappa shape index (κ1) is 10.4. The van der Waals surface area contributed by atoms with Gasteiger partial charge in [0, 0.05) is 6.92 Å². The van der Waals surface area contributed by atoms with Crippen molar-refractivity contribution in [2.75, 3.05) is 6.61 Å². The van der Waals surface area contributed by atoms with Gasteiger partial charge in [0.05, 0.1) is 6.61 Å². The van der Waals surface area contributed by atoms with E-state index < -0.39 is 30.5 Å². The molecule has 0 aromatic carbocycles. The van der Waals surface area contributed by atoms with Crippen LogP contribution in [0.1, 0.15) is 6.92 Å². The topological polar surface area (TPSA) is 78.8 Å². The van der Waals surface area contributed by atoms with Crippen molar-refractivity contribution in [2.45, 2.75) is 31.5 Å². The summed E-state index contributed by atoms with van der Waals surface area (Å²) in [5.41, 5.74) is 0. The third-order valence-electron chi connectivity index (χ3n) is 1.84. The normalized spacial score (nSPS) is 40.0. The Bertz CT molecular complexity index is 201. The Morgan fingerprint density at radius 1 is 1.62 bits per heavy atom. The number of halogens is 1. The highest BCUT2D eigenvalue weighted by Gasteiger charge is 2.39. The van der Waals surface area contributed by atoms with Gasteiger partial charge in [-0.25, -0.2) is 4.39 Å². The fourth-order valence-electron chi connectivity index (χ4n) is 1.18. The van der Waals surface area contributed by atoms with Gasteiger partial charge in [0.15, 0.2) is 12.5 Å². The molecule has 0 saturated carbocycles. The second-order valence-corrected chi connectivity index (χ2v) is 2.96. The number of rotatable bonds is 1. The van der Waals surface area contributed by atoms with E-state index in [4.69, 9.17) is 5.11 Å². The van der Waals surface area contributed by atoms with Crippen molar-refractivity contribution in [1.29, 1.82) is 0 Å². The number of carbonyl (C=O) groups is 1. The molecule has 1 rings (SSSR count). The maximum absolute atomic E-state index is 12.8. The van der Waals surface area contributed by atoms with Crippen molar-refractivity contribution in [2.24, 2.45) is 0 Å². The molecular weight excluding hydrogens is 181 g/mol. The van der Waals surface area contributed by atoms with Gasteiger partial charge in [-0.3, -0.25) is 4.79 Å². The molecule has 1 aliphatic rings. The second kappa shape index (κ2) is 3.99. The molecule has 1 fully saturated rings. The molecule has 0 aromatic heterocycles. The molecule has 1 amide bonds. The lowest BCUT2D eigenvalue weighted by molar-refractivity contribution is -0.199. The van der Waals surface area contributed by atoms with Crippen LogP contribution in [0.4, 0.5) is 4.39 Å². The van der Waals surface area contributed by atoms with E-state index in [0.717, 1.165) is 0 Å². The average molecular weight is 193 g/mol. The van der Waals surface area contributed by atoms with Crippen molar-refractivity contribution < 1.29 is 24.1 Å². The summed E-state index contributed by atoms with van der Waals surface area (Å²) in [6, 6.07) is -1.10. The van der Waals surface area contributed by atoms with E-state index in [0.29, 0.717) is 0 Å². The van der Waals surface area contributed by atoms with Gasteiger partial charge in [0.1, 0.15) is 12.1 Å². The fourth-order valence-corrected chi connectivity index (χ4v) is 1.18. The van der Waals surface area contributed by atoms with Crippen LogP contribution in [0.15, 0.2) is 0 Å². The van der Waals surface area contributed by atoms with Gasteiger partial charge in [-0.05, 0) is 0 Å². The predicted octanol–water partition coefficient (Wildman–Crippen LogP) is -1.46. The van der Waals surface area contributed by atoms with Gasteiger partial charge < -0.3 is 20.3 Å². The SMILES string of the molecule is CC(=O)N[C@@H]1[C@@H](O)[C@H](F)CO[C@H]1O. The highest BCUT2D eigenvalue weighted by molar-refractivity contribution is 5.73. The molecular formula is C7H12FNO4. The zero-order valence-corrected chi connectivity index (χ0v) is 7.11. The van der Waals surface area contributed by atoms with Crippen LogP contribution in [-0.4, -0.2) is 47.3 Å². The minimum Gasteiger partial charge on any atom is -0.388 e. The molecule has 13 heavy (non-hydrogen) atoms. The van der Waals surface area contributed by atoms with Crippen LogP contribution in [0.25, 0.3) is 0 Å².